The number of ketones is 1. The van der Waals surface area contributed by atoms with E-state index in [0.29, 0.717) is 12.1 Å². The normalized spacial score (nSPS) is 18.9. The lowest BCUT2D eigenvalue weighted by molar-refractivity contribution is -0.139. The van der Waals surface area contributed by atoms with Crippen LogP contribution in [-0.4, -0.2) is 28.2 Å². The summed E-state index contributed by atoms with van der Waals surface area (Å²) in [5.74, 6) is -1.25. The zero-order valence-corrected chi connectivity index (χ0v) is 15.6. The number of hydrogen-bond acceptors (Lipinski definition) is 3. The van der Waals surface area contributed by atoms with Crippen molar-refractivity contribution in [3.05, 3.63) is 77.4 Å². The lowest BCUT2D eigenvalue weighted by Crippen LogP contribution is -2.30. The smallest absolute Gasteiger partial charge is 0.295 e. The minimum absolute atomic E-state index is 0.112. The van der Waals surface area contributed by atoms with Gasteiger partial charge < -0.3 is 10.0 Å². The Morgan fingerprint density at radius 3 is 2.19 bits per heavy atom. The maximum atomic E-state index is 12.8. The van der Waals surface area contributed by atoms with Crippen molar-refractivity contribution in [3.63, 3.8) is 0 Å². The summed E-state index contributed by atoms with van der Waals surface area (Å²) in [5.41, 5.74) is 1.56. The molecule has 0 aromatic heterocycles. The van der Waals surface area contributed by atoms with Gasteiger partial charge in [-0.1, -0.05) is 86.8 Å². The Balaban J connectivity index is 2.03. The summed E-state index contributed by atoms with van der Waals surface area (Å²) in [6, 6.07) is 17.8. The Labute approximate surface area is 160 Å². The highest BCUT2D eigenvalue weighted by atomic mass is 16.3. The second-order valence-corrected chi connectivity index (χ2v) is 6.83. The summed E-state index contributed by atoms with van der Waals surface area (Å²) in [4.78, 5) is 27.1. The Morgan fingerprint density at radius 1 is 0.926 bits per heavy atom. The van der Waals surface area contributed by atoms with Crippen LogP contribution in [0.4, 0.5) is 0 Å². The van der Waals surface area contributed by atoms with E-state index in [1.54, 1.807) is 29.2 Å². The highest BCUT2D eigenvalue weighted by Crippen LogP contribution is 2.39. The van der Waals surface area contributed by atoms with E-state index in [0.717, 1.165) is 31.2 Å². The van der Waals surface area contributed by atoms with Gasteiger partial charge in [0.05, 0.1) is 11.6 Å². The van der Waals surface area contributed by atoms with Crippen LogP contribution in [0.15, 0.2) is 66.2 Å². The van der Waals surface area contributed by atoms with Crippen LogP contribution in [0.5, 0.6) is 0 Å². The molecule has 1 aliphatic heterocycles. The molecule has 27 heavy (non-hydrogen) atoms. The van der Waals surface area contributed by atoms with Gasteiger partial charge in [-0.2, -0.15) is 0 Å². The molecule has 3 rings (SSSR count). The first-order valence-corrected chi connectivity index (χ1v) is 9.54. The minimum Gasteiger partial charge on any atom is -0.507 e. The first kappa shape index (κ1) is 18.9. The van der Waals surface area contributed by atoms with Gasteiger partial charge in [0, 0.05) is 12.1 Å². The molecule has 140 valence electrons. The number of Topliss-reactive ketones (excluding diaryl/α,β-unsaturated/α-hetero) is 1. The molecule has 1 fully saturated rings. The number of hydrogen-bond donors (Lipinski definition) is 1. The Bertz CT molecular complexity index is 827. The molecule has 0 bridgehead atoms. The van der Waals surface area contributed by atoms with Gasteiger partial charge in [0.25, 0.3) is 11.7 Å². The number of aliphatic hydroxyl groups is 1. The third-order valence-corrected chi connectivity index (χ3v) is 4.96. The molecule has 0 radical (unpaired) electrons. The number of nitrogens with zero attached hydrogens (tertiary/aromatic N) is 1. The van der Waals surface area contributed by atoms with Gasteiger partial charge in [-0.3, -0.25) is 9.59 Å². The Morgan fingerprint density at radius 2 is 1.56 bits per heavy atom. The molecule has 4 nitrogen and oxygen atoms in total. The zero-order chi connectivity index (χ0) is 19.2. The van der Waals surface area contributed by atoms with E-state index < -0.39 is 17.7 Å². The number of amides is 1. The topological polar surface area (TPSA) is 57.6 Å². The molecule has 1 amide bonds. The van der Waals surface area contributed by atoms with E-state index in [2.05, 4.69) is 6.92 Å². The fraction of sp³-hybridized carbons (Fsp3) is 0.304. The maximum absolute atomic E-state index is 12.8. The largest absolute Gasteiger partial charge is 0.507 e. The van der Waals surface area contributed by atoms with Crippen molar-refractivity contribution >= 4 is 17.4 Å². The van der Waals surface area contributed by atoms with Gasteiger partial charge in [0.2, 0.25) is 0 Å². The van der Waals surface area contributed by atoms with Crippen LogP contribution >= 0.6 is 0 Å². The summed E-state index contributed by atoms with van der Waals surface area (Å²) in [6.07, 6.45) is 4.06. The van der Waals surface area contributed by atoms with Crippen molar-refractivity contribution in [2.45, 2.75) is 38.6 Å². The van der Waals surface area contributed by atoms with Crippen LogP contribution in [0, 0.1) is 0 Å². The second-order valence-electron chi connectivity index (χ2n) is 6.83. The van der Waals surface area contributed by atoms with E-state index in [-0.39, 0.29) is 11.3 Å². The molecular formula is C23H25NO3. The average Bonchev–Trinajstić information content (AvgIpc) is 2.97. The molecule has 0 saturated carbocycles. The summed E-state index contributed by atoms with van der Waals surface area (Å²) in [7, 11) is 0. The first-order valence-electron chi connectivity index (χ1n) is 9.54. The molecule has 0 aliphatic carbocycles. The molecule has 1 heterocycles. The molecule has 1 saturated heterocycles. The predicted molar refractivity (Wildman–Crippen MR) is 106 cm³/mol. The molecule has 0 unspecified atom stereocenters. The quantitative estimate of drug-likeness (QED) is 0.336. The molecule has 1 N–H and O–H groups in total. The van der Waals surface area contributed by atoms with Gasteiger partial charge in [-0.05, 0) is 12.0 Å². The monoisotopic (exact) mass is 363 g/mol. The molecule has 1 aliphatic rings. The number of likely N-dealkylation sites (tertiary alicyclic amines) is 1. The van der Waals surface area contributed by atoms with Crippen molar-refractivity contribution in [2.75, 3.05) is 6.54 Å². The van der Waals surface area contributed by atoms with E-state index in [1.807, 2.05) is 36.4 Å². The molecule has 0 spiro atoms. The third-order valence-electron chi connectivity index (χ3n) is 4.96. The number of rotatable bonds is 7. The van der Waals surface area contributed by atoms with Gasteiger partial charge in [0.15, 0.2) is 0 Å². The average molecular weight is 363 g/mol. The summed E-state index contributed by atoms with van der Waals surface area (Å²) < 4.78 is 0. The number of aliphatic hydroxyl groups excluding tert-OH is 1. The van der Waals surface area contributed by atoms with Crippen molar-refractivity contribution in [3.8, 4) is 0 Å². The van der Waals surface area contributed by atoms with Gasteiger partial charge in [-0.15, -0.1) is 0 Å². The minimum atomic E-state index is -0.610. The molecule has 1 atom stereocenters. The van der Waals surface area contributed by atoms with Crippen LogP contribution < -0.4 is 0 Å². The fourth-order valence-electron chi connectivity index (χ4n) is 3.55. The number of carbonyl (C=O) groups excluding carboxylic acids is 2. The van der Waals surface area contributed by atoms with Crippen LogP contribution in [0.3, 0.4) is 0 Å². The zero-order valence-electron chi connectivity index (χ0n) is 15.6. The van der Waals surface area contributed by atoms with Gasteiger partial charge >= 0.3 is 0 Å². The third kappa shape index (κ3) is 3.95. The van der Waals surface area contributed by atoms with Gasteiger partial charge in [0.1, 0.15) is 5.76 Å². The van der Waals surface area contributed by atoms with Crippen LogP contribution in [-0.2, 0) is 9.59 Å². The lowest BCUT2D eigenvalue weighted by atomic mass is 9.95. The predicted octanol–water partition coefficient (Wildman–Crippen LogP) is 4.69. The Kier molecular flexibility index (Phi) is 6.07. The van der Waals surface area contributed by atoms with Gasteiger partial charge in [-0.25, -0.2) is 0 Å². The number of unbranched alkanes of at least 4 members (excludes halogenated alkanes) is 3. The van der Waals surface area contributed by atoms with Crippen molar-refractivity contribution < 1.29 is 14.7 Å². The standard InChI is InChI=1S/C23H25NO3/c1-2-3-4-11-16-24-20(17-12-7-5-8-13-17)19(22(26)23(24)27)21(25)18-14-9-6-10-15-18/h5-10,12-15,20,25H,2-4,11,16H2,1H3/t20-/m0/s1. The van der Waals surface area contributed by atoms with Crippen molar-refractivity contribution in [1.82, 2.24) is 4.90 Å². The van der Waals surface area contributed by atoms with E-state index >= 15 is 0 Å². The summed E-state index contributed by atoms with van der Waals surface area (Å²) in [5, 5.41) is 10.8. The highest BCUT2D eigenvalue weighted by molar-refractivity contribution is 6.46. The lowest BCUT2D eigenvalue weighted by Gasteiger charge is -2.25. The fourth-order valence-corrected chi connectivity index (χ4v) is 3.55. The first-order chi connectivity index (χ1) is 13.1. The number of benzene rings is 2. The van der Waals surface area contributed by atoms with Crippen molar-refractivity contribution in [1.29, 1.82) is 0 Å². The van der Waals surface area contributed by atoms with Crippen LogP contribution in [0.25, 0.3) is 5.76 Å². The summed E-state index contributed by atoms with van der Waals surface area (Å²) in [6.45, 7) is 2.64. The van der Waals surface area contributed by atoms with E-state index in [4.69, 9.17) is 0 Å². The SMILES string of the molecule is CCCCCCN1C(=O)C(=O)C(=C(O)c2ccccc2)[C@@H]1c1ccccc1. The number of carbonyl (C=O) groups is 2. The van der Waals surface area contributed by atoms with E-state index in [9.17, 15) is 14.7 Å². The summed E-state index contributed by atoms with van der Waals surface area (Å²) >= 11 is 0. The molecular weight excluding hydrogens is 338 g/mol. The van der Waals surface area contributed by atoms with Crippen molar-refractivity contribution in [2.24, 2.45) is 0 Å². The van der Waals surface area contributed by atoms with E-state index in [1.165, 1.54) is 0 Å². The van der Waals surface area contributed by atoms with Crippen LogP contribution in [0.2, 0.25) is 0 Å². The second kappa shape index (κ2) is 8.67. The molecule has 2 aromatic carbocycles. The maximum Gasteiger partial charge on any atom is 0.295 e. The Hall–Kier alpha value is -2.88. The molecule has 4 heteroatoms. The molecule has 2 aromatic rings. The van der Waals surface area contributed by atoms with Crippen LogP contribution in [0.1, 0.15) is 49.8 Å². The highest BCUT2D eigenvalue weighted by Gasteiger charge is 2.45.